The number of halogens is 1. The molecular weight excluding hydrogens is 246 g/mol. The molecule has 1 aliphatic rings. The van der Waals surface area contributed by atoms with Crippen LogP contribution in [0.4, 0.5) is 5.69 Å². The van der Waals surface area contributed by atoms with Gasteiger partial charge in [0.1, 0.15) is 0 Å². The Morgan fingerprint density at radius 2 is 2.06 bits per heavy atom. The van der Waals surface area contributed by atoms with Gasteiger partial charge in [0.25, 0.3) is 0 Å². The summed E-state index contributed by atoms with van der Waals surface area (Å²) in [7, 11) is 2.10. The average molecular weight is 268 g/mol. The van der Waals surface area contributed by atoms with E-state index in [4.69, 9.17) is 11.6 Å². The Morgan fingerprint density at radius 3 is 2.61 bits per heavy atom. The summed E-state index contributed by atoms with van der Waals surface area (Å²) in [4.78, 5) is 2.24. The first-order valence-corrected chi connectivity index (χ1v) is 7.14. The van der Waals surface area contributed by atoms with Crippen LogP contribution in [-0.4, -0.2) is 18.7 Å². The first-order valence-electron chi connectivity index (χ1n) is 6.76. The predicted molar refractivity (Wildman–Crippen MR) is 77.3 cm³/mol. The topological polar surface area (TPSA) is 23.5 Å². The molecule has 0 spiro atoms. The molecule has 0 unspecified atom stereocenters. The minimum absolute atomic E-state index is 0.461. The van der Waals surface area contributed by atoms with E-state index in [1.165, 1.54) is 25.7 Å². The monoisotopic (exact) mass is 267 g/mol. The van der Waals surface area contributed by atoms with E-state index in [1.54, 1.807) is 6.92 Å². The molecule has 1 atom stereocenters. The second-order valence-electron chi connectivity index (χ2n) is 5.42. The average Bonchev–Trinajstić information content (AvgIpc) is 2.81. The number of nitrogens with zero attached hydrogens (tertiary/aromatic N) is 1. The second-order valence-corrected chi connectivity index (χ2v) is 5.83. The van der Waals surface area contributed by atoms with Crippen molar-refractivity contribution in [2.75, 3.05) is 18.5 Å². The molecule has 0 bridgehead atoms. The van der Waals surface area contributed by atoms with Gasteiger partial charge in [0.2, 0.25) is 0 Å². The van der Waals surface area contributed by atoms with Crippen LogP contribution in [0.5, 0.6) is 0 Å². The quantitative estimate of drug-likeness (QED) is 0.891. The van der Waals surface area contributed by atoms with Crippen molar-refractivity contribution in [3.8, 4) is 0 Å². The Bertz CT molecular complexity index is 399. The lowest BCUT2D eigenvalue weighted by molar-refractivity contribution is 0.199. The zero-order valence-electron chi connectivity index (χ0n) is 11.2. The number of anilines is 1. The van der Waals surface area contributed by atoms with Gasteiger partial charge in [0.05, 0.1) is 16.8 Å². The van der Waals surface area contributed by atoms with Crippen LogP contribution in [0.15, 0.2) is 18.2 Å². The number of hydrogen-bond acceptors (Lipinski definition) is 2. The summed E-state index contributed by atoms with van der Waals surface area (Å²) in [6.07, 6.45) is 4.96. The van der Waals surface area contributed by atoms with Crippen molar-refractivity contribution in [2.24, 2.45) is 5.92 Å². The highest BCUT2D eigenvalue weighted by Crippen LogP contribution is 2.31. The van der Waals surface area contributed by atoms with Gasteiger partial charge in [0, 0.05) is 13.6 Å². The van der Waals surface area contributed by atoms with Gasteiger partial charge >= 0.3 is 0 Å². The molecule has 2 rings (SSSR count). The first kappa shape index (κ1) is 13.7. The van der Waals surface area contributed by atoms with Crippen LogP contribution < -0.4 is 4.90 Å². The predicted octanol–water partition coefficient (Wildman–Crippen LogP) is 4.02. The standard InChI is InChI=1S/C15H22ClNO/c1-11(18)13-7-8-15(14(16)9-13)17(2)10-12-5-3-4-6-12/h7-9,11-12,18H,3-6,10H2,1-2H3/t11-/m1/s1. The van der Waals surface area contributed by atoms with Gasteiger partial charge in [-0.15, -0.1) is 0 Å². The zero-order chi connectivity index (χ0) is 13.1. The Hall–Kier alpha value is -0.730. The van der Waals surface area contributed by atoms with Crippen LogP contribution >= 0.6 is 11.6 Å². The van der Waals surface area contributed by atoms with Crippen molar-refractivity contribution < 1.29 is 5.11 Å². The molecule has 0 aliphatic heterocycles. The highest BCUT2D eigenvalue weighted by molar-refractivity contribution is 6.33. The summed E-state index contributed by atoms with van der Waals surface area (Å²) in [5.41, 5.74) is 1.94. The van der Waals surface area contributed by atoms with Crippen molar-refractivity contribution in [3.05, 3.63) is 28.8 Å². The Morgan fingerprint density at radius 1 is 1.39 bits per heavy atom. The van der Waals surface area contributed by atoms with Gasteiger partial charge in [0.15, 0.2) is 0 Å². The molecule has 18 heavy (non-hydrogen) atoms. The molecule has 0 heterocycles. The van der Waals surface area contributed by atoms with E-state index in [2.05, 4.69) is 11.9 Å². The number of aliphatic hydroxyl groups excluding tert-OH is 1. The molecule has 2 nitrogen and oxygen atoms in total. The van der Waals surface area contributed by atoms with E-state index in [1.807, 2.05) is 18.2 Å². The molecular formula is C15H22ClNO. The van der Waals surface area contributed by atoms with Crippen molar-refractivity contribution in [3.63, 3.8) is 0 Å². The third-order valence-electron chi connectivity index (χ3n) is 3.87. The summed E-state index contributed by atoms with van der Waals surface area (Å²) in [5.74, 6) is 0.808. The second kappa shape index (κ2) is 5.94. The molecule has 3 heteroatoms. The van der Waals surface area contributed by atoms with Crippen LogP contribution in [-0.2, 0) is 0 Å². The molecule has 0 amide bonds. The van der Waals surface area contributed by atoms with Gasteiger partial charge in [-0.1, -0.05) is 30.5 Å². The van der Waals surface area contributed by atoms with E-state index >= 15 is 0 Å². The van der Waals surface area contributed by atoms with Gasteiger partial charge in [-0.25, -0.2) is 0 Å². The number of aliphatic hydroxyl groups is 1. The normalized spacial score (nSPS) is 18.0. The molecule has 0 saturated heterocycles. The summed E-state index contributed by atoms with van der Waals surface area (Å²) in [5, 5.41) is 10.3. The maximum absolute atomic E-state index is 9.54. The van der Waals surface area contributed by atoms with Gasteiger partial charge in [-0.3, -0.25) is 0 Å². The van der Waals surface area contributed by atoms with Crippen LogP contribution in [0, 0.1) is 5.92 Å². The zero-order valence-corrected chi connectivity index (χ0v) is 12.0. The first-order chi connectivity index (χ1) is 8.58. The van der Waals surface area contributed by atoms with Crippen molar-refractivity contribution in [1.82, 2.24) is 0 Å². The SMILES string of the molecule is C[C@@H](O)c1ccc(N(C)CC2CCCC2)c(Cl)c1. The number of hydrogen-bond donors (Lipinski definition) is 1. The lowest BCUT2D eigenvalue weighted by Gasteiger charge is -2.24. The van der Waals surface area contributed by atoms with Gasteiger partial charge in [-0.2, -0.15) is 0 Å². The van der Waals surface area contributed by atoms with Crippen LogP contribution in [0.1, 0.15) is 44.3 Å². The molecule has 1 aliphatic carbocycles. The van der Waals surface area contributed by atoms with Crippen LogP contribution in [0.3, 0.4) is 0 Å². The molecule has 100 valence electrons. The Labute approximate surface area is 115 Å². The fourth-order valence-corrected chi connectivity index (χ4v) is 3.10. The molecule has 0 radical (unpaired) electrons. The molecule has 1 N–H and O–H groups in total. The lowest BCUT2D eigenvalue weighted by atomic mass is 10.1. The van der Waals surface area contributed by atoms with Crippen LogP contribution in [0.2, 0.25) is 5.02 Å². The maximum Gasteiger partial charge on any atom is 0.0762 e. The third kappa shape index (κ3) is 3.18. The van der Waals surface area contributed by atoms with Gasteiger partial charge < -0.3 is 10.0 Å². The minimum Gasteiger partial charge on any atom is -0.389 e. The highest BCUT2D eigenvalue weighted by Gasteiger charge is 2.18. The number of rotatable bonds is 4. The molecule has 1 aromatic rings. The van der Waals surface area contributed by atoms with Crippen molar-refractivity contribution in [2.45, 2.75) is 38.7 Å². The van der Waals surface area contributed by atoms with E-state index in [9.17, 15) is 5.11 Å². The summed E-state index contributed by atoms with van der Waals surface area (Å²) in [6.45, 7) is 2.83. The van der Waals surface area contributed by atoms with Crippen LogP contribution in [0.25, 0.3) is 0 Å². The Balaban J connectivity index is 2.07. The van der Waals surface area contributed by atoms with E-state index < -0.39 is 6.10 Å². The van der Waals surface area contributed by atoms with Crippen molar-refractivity contribution in [1.29, 1.82) is 0 Å². The fraction of sp³-hybridized carbons (Fsp3) is 0.600. The minimum atomic E-state index is -0.461. The fourth-order valence-electron chi connectivity index (χ4n) is 2.77. The molecule has 1 saturated carbocycles. The highest BCUT2D eigenvalue weighted by atomic mass is 35.5. The smallest absolute Gasteiger partial charge is 0.0762 e. The van der Waals surface area contributed by atoms with Gasteiger partial charge in [-0.05, 0) is 43.4 Å². The molecule has 1 aromatic carbocycles. The third-order valence-corrected chi connectivity index (χ3v) is 4.17. The number of benzene rings is 1. The molecule has 0 aromatic heterocycles. The largest absolute Gasteiger partial charge is 0.389 e. The maximum atomic E-state index is 9.54. The summed E-state index contributed by atoms with van der Waals surface area (Å²) >= 11 is 6.30. The van der Waals surface area contributed by atoms with Crippen molar-refractivity contribution >= 4 is 17.3 Å². The Kier molecular flexibility index (Phi) is 4.52. The van der Waals surface area contributed by atoms with E-state index in [0.29, 0.717) is 0 Å². The van der Waals surface area contributed by atoms with E-state index in [0.717, 1.165) is 28.7 Å². The lowest BCUT2D eigenvalue weighted by Crippen LogP contribution is -2.24. The summed E-state index contributed by atoms with van der Waals surface area (Å²) < 4.78 is 0. The summed E-state index contributed by atoms with van der Waals surface area (Å²) in [6, 6.07) is 5.84. The molecule has 1 fully saturated rings. The van der Waals surface area contributed by atoms with E-state index in [-0.39, 0.29) is 0 Å².